The molecule has 2 aliphatic rings. The molecule has 2 bridgehead atoms. The minimum atomic E-state index is 0.873. The zero-order valence-electron chi connectivity index (χ0n) is 11.5. The highest BCUT2D eigenvalue weighted by molar-refractivity contribution is 14.1. The quantitative estimate of drug-likeness (QED) is 0.715. The summed E-state index contributed by atoms with van der Waals surface area (Å²) in [4.78, 5) is 0. The molecule has 4 rings (SSSR count). The molecule has 1 aromatic heterocycles. The van der Waals surface area contributed by atoms with Gasteiger partial charge in [0.1, 0.15) is 0 Å². The van der Waals surface area contributed by atoms with Crippen LogP contribution < -0.4 is 0 Å². The van der Waals surface area contributed by atoms with Crippen molar-refractivity contribution in [1.29, 1.82) is 0 Å². The van der Waals surface area contributed by atoms with Gasteiger partial charge in [-0.3, -0.25) is 4.68 Å². The van der Waals surface area contributed by atoms with Gasteiger partial charge in [-0.1, -0.05) is 18.6 Å². The molecule has 2 aromatic rings. The van der Waals surface area contributed by atoms with Gasteiger partial charge in [-0.05, 0) is 77.3 Å². The topological polar surface area (TPSA) is 17.8 Å². The van der Waals surface area contributed by atoms with Crippen LogP contribution in [0, 0.1) is 21.3 Å². The number of halogens is 1. The fourth-order valence-electron chi connectivity index (χ4n) is 4.10. The van der Waals surface area contributed by atoms with Crippen molar-refractivity contribution in [3.63, 3.8) is 0 Å². The summed E-state index contributed by atoms with van der Waals surface area (Å²) in [5, 5.41) is 4.58. The van der Waals surface area contributed by atoms with E-state index in [0.717, 1.165) is 24.3 Å². The second-order valence-corrected chi connectivity index (χ2v) is 7.64. The molecule has 3 heteroatoms. The third-order valence-corrected chi connectivity index (χ3v) is 5.84. The van der Waals surface area contributed by atoms with Gasteiger partial charge >= 0.3 is 0 Å². The minimum Gasteiger partial charge on any atom is -0.272 e. The maximum absolute atomic E-state index is 4.58. The van der Waals surface area contributed by atoms with Gasteiger partial charge in [0.15, 0.2) is 0 Å². The van der Waals surface area contributed by atoms with Crippen molar-refractivity contribution in [2.75, 3.05) is 0 Å². The summed E-state index contributed by atoms with van der Waals surface area (Å²) in [6.07, 6.45) is 10.1. The first-order valence-electron chi connectivity index (χ1n) is 7.56. The Hall–Kier alpha value is -0.840. The number of hydrogen-bond donors (Lipinski definition) is 0. The summed E-state index contributed by atoms with van der Waals surface area (Å²) >= 11 is 2.34. The van der Waals surface area contributed by atoms with Crippen molar-refractivity contribution >= 4 is 22.6 Å². The van der Waals surface area contributed by atoms with Gasteiger partial charge in [-0.25, -0.2) is 0 Å². The summed E-state index contributed by atoms with van der Waals surface area (Å²) in [7, 11) is 0. The van der Waals surface area contributed by atoms with E-state index in [-0.39, 0.29) is 0 Å². The smallest absolute Gasteiger partial charge is 0.0568 e. The average Bonchev–Trinajstić information content (AvgIpc) is 3.16. The SMILES string of the molecule is Ic1ccc(-c2cnn(CC3CC4CCC3C4)c2)cc1. The number of nitrogens with zero attached hydrogens (tertiary/aromatic N) is 2. The summed E-state index contributed by atoms with van der Waals surface area (Å²) in [5.41, 5.74) is 2.51. The van der Waals surface area contributed by atoms with Gasteiger partial charge < -0.3 is 0 Å². The summed E-state index contributed by atoms with van der Waals surface area (Å²) in [6, 6.07) is 8.67. The highest BCUT2D eigenvalue weighted by atomic mass is 127. The van der Waals surface area contributed by atoms with Crippen LogP contribution in [0.4, 0.5) is 0 Å². The van der Waals surface area contributed by atoms with Crippen LogP contribution in [0.2, 0.25) is 0 Å². The predicted octanol–water partition coefficient (Wildman–Crippen LogP) is 4.59. The van der Waals surface area contributed by atoms with E-state index in [2.05, 4.69) is 62.8 Å². The molecular weight excluding hydrogens is 359 g/mol. The molecule has 3 unspecified atom stereocenters. The lowest BCUT2D eigenvalue weighted by molar-refractivity contribution is 0.285. The van der Waals surface area contributed by atoms with E-state index in [1.54, 1.807) is 0 Å². The van der Waals surface area contributed by atoms with Crippen LogP contribution in [0.1, 0.15) is 25.7 Å². The van der Waals surface area contributed by atoms with E-state index >= 15 is 0 Å². The lowest BCUT2D eigenvalue weighted by Crippen LogP contribution is -2.17. The number of fused-ring (bicyclic) bond motifs is 2. The molecular formula is C17H19IN2. The van der Waals surface area contributed by atoms with Gasteiger partial charge in [0.05, 0.1) is 6.20 Å². The van der Waals surface area contributed by atoms with E-state index in [0.29, 0.717) is 0 Å². The minimum absolute atomic E-state index is 0.873. The van der Waals surface area contributed by atoms with Crippen LogP contribution in [-0.4, -0.2) is 9.78 Å². The fraction of sp³-hybridized carbons (Fsp3) is 0.471. The molecule has 2 fully saturated rings. The van der Waals surface area contributed by atoms with E-state index in [1.807, 2.05) is 6.20 Å². The van der Waals surface area contributed by atoms with E-state index in [9.17, 15) is 0 Å². The Morgan fingerprint density at radius 3 is 2.65 bits per heavy atom. The fourth-order valence-corrected chi connectivity index (χ4v) is 4.45. The van der Waals surface area contributed by atoms with Crippen LogP contribution in [0.5, 0.6) is 0 Å². The highest BCUT2D eigenvalue weighted by Crippen LogP contribution is 2.48. The monoisotopic (exact) mass is 378 g/mol. The van der Waals surface area contributed by atoms with Crippen molar-refractivity contribution in [2.24, 2.45) is 17.8 Å². The maximum atomic E-state index is 4.58. The normalized spacial score (nSPS) is 28.1. The highest BCUT2D eigenvalue weighted by Gasteiger charge is 2.39. The second kappa shape index (κ2) is 5.17. The second-order valence-electron chi connectivity index (χ2n) is 6.39. The average molecular weight is 378 g/mol. The Kier molecular flexibility index (Phi) is 3.33. The van der Waals surface area contributed by atoms with Crippen LogP contribution in [0.15, 0.2) is 36.7 Å². The van der Waals surface area contributed by atoms with Crippen molar-refractivity contribution in [3.05, 3.63) is 40.2 Å². The standard InChI is InChI=1S/C17H19IN2/c18-17-5-3-13(4-6-17)16-9-19-20(11-16)10-15-8-12-1-2-14(15)7-12/h3-6,9,11-12,14-15H,1-2,7-8,10H2. The molecule has 0 amide bonds. The molecule has 1 heterocycles. The zero-order chi connectivity index (χ0) is 13.5. The van der Waals surface area contributed by atoms with Gasteiger partial charge in [0.2, 0.25) is 0 Å². The van der Waals surface area contributed by atoms with Gasteiger partial charge in [0.25, 0.3) is 0 Å². The van der Waals surface area contributed by atoms with E-state index in [1.165, 1.54) is 40.4 Å². The van der Waals surface area contributed by atoms with Crippen molar-refractivity contribution in [1.82, 2.24) is 9.78 Å². The lowest BCUT2D eigenvalue weighted by Gasteiger charge is -2.21. The van der Waals surface area contributed by atoms with Crippen LogP contribution in [-0.2, 0) is 6.54 Å². The van der Waals surface area contributed by atoms with Crippen molar-refractivity contribution in [2.45, 2.75) is 32.2 Å². The van der Waals surface area contributed by atoms with Gasteiger partial charge in [0, 0.05) is 21.9 Å². The number of hydrogen-bond acceptors (Lipinski definition) is 1. The third-order valence-electron chi connectivity index (χ3n) is 5.12. The first-order chi connectivity index (χ1) is 9.78. The lowest BCUT2D eigenvalue weighted by atomic mass is 9.89. The molecule has 0 spiro atoms. The summed E-state index contributed by atoms with van der Waals surface area (Å²) < 4.78 is 3.44. The molecule has 1 aromatic carbocycles. The largest absolute Gasteiger partial charge is 0.272 e. The predicted molar refractivity (Wildman–Crippen MR) is 89.3 cm³/mol. The van der Waals surface area contributed by atoms with Gasteiger partial charge in [-0.2, -0.15) is 5.10 Å². The van der Waals surface area contributed by atoms with Gasteiger partial charge in [-0.15, -0.1) is 0 Å². The molecule has 0 radical (unpaired) electrons. The molecule has 2 aliphatic carbocycles. The van der Waals surface area contributed by atoms with Crippen LogP contribution >= 0.6 is 22.6 Å². The van der Waals surface area contributed by atoms with Crippen molar-refractivity contribution in [3.8, 4) is 11.1 Å². The molecule has 0 aliphatic heterocycles. The molecule has 0 N–H and O–H groups in total. The number of aromatic nitrogens is 2. The maximum Gasteiger partial charge on any atom is 0.0568 e. The summed E-state index contributed by atoms with van der Waals surface area (Å²) in [5.74, 6) is 2.88. The molecule has 3 atom stereocenters. The number of benzene rings is 1. The molecule has 104 valence electrons. The Labute approximate surface area is 133 Å². The Morgan fingerprint density at radius 2 is 1.95 bits per heavy atom. The Morgan fingerprint density at radius 1 is 1.10 bits per heavy atom. The van der Waals surface area contributed by atoms with E-state index < -0.39 is 0 Å². The van der Waals surface area contributed by atoms with Crippen LogP contribution in [0.25, 0.3) is 11.1 Å². The number of rotatable bonds is 3. The molecule has 0 saturated heterocycles. The Bertz CT molecular complexity index is 602. The first kappa shape index (κ1) is 12.9. The molecule has 2 saturated carbocycles. The molecule has 20 heavy (non-hydrogen) atoms. The first-order valence-corrected chi connectivity index (χ1v) is 8.64. The van der Waals surface area contributed by atoms with Crippen molar-refractivity contribution < 1.29 is 0 Å². The Balaban J connectivity index is 1.49. The van der Waals surface area contributed by atoms with E-state index in [4.69, 9.17) is 0 Å². The molecule has 2 nitrogen and oxygen atoms in total. The summed E-state index contributed by atoms with van der Waals surface area (Å²) in [6.45, 7) is 1.12. The third kappa shape index (κ3) is 2.41. The zero-order valence-corrected chi connectivity index (χ0v) is 13.7. The van der Waals surface area contributed by atoms with Crippen LogP contribution in [0.3, 0.4) is 0 Å².